The van der Waals surface area contributed by atoms with E-state index < -0.39 is 10.0 Å². The minimum atomic E-state index is -3.45. The van der Waals surface area contributed by atoms with Gasteiger partial charge >= 0.3 is 0 Å². The van der Waals surface area contributed by atoms with Crippen molar-refractivity contribution in [3.63, 3.8) is 0 Å². The Balaban J connectivity index is 1.45. The quantitative estimate of drug-likeness (QED) is 0.801. The predicted octanol–water partition coefficient (Wildman–Crippen LogP) is 1.52. The van der Waals surface area contributed by atoms with Crippen LogP contribution in [-0.2, 0) is 14.8 Å². The summed E-state index contributed by atoms with van der Waals surface area (Å²) < 4.78 is 26.4. The Bertz CT molecular complexity index is 724. The number of nitrogens with zero attached hydrogens (tertiary/aromatic N) is 2. The number of likely N-dealkylation sites (tertiary alicyclic amines) is 1. The summed E-state index contributed by atoms with van der Waals surface area (Å²) in [5.74, 6) is 0.678. The van der Waals surface area contributed by atoms with Crippen LogP contribution >= 0.6 is 0 Å². The summed E-state index contributed by atoms with van der Waals surface area (Å²) in [6.07, 6.45) is 4.36. The van der Waals surface area contributed by atoms with E-state index in [4.69, 9.17) is 0 Å². The van der Waals surface area contributed by atoms with Gasteiger partial charge in [0.1, 0.15) is 5.84 Å². The molecule has 1 aromatic rings. The zero-order valence-electron chi connectivity index (χ0n) is 13.0. The lowest BCUT2D eigenvalue weighted by Gasteiger charge is -2.30. The normalized spacial score (nSPS) is 20.0. The molecular weight excluding hydrogens is 314 g/mol. The highest BCUT2D eigenvalue weighted by Gasteiger charge is 2.29. The van der Waals surface area contributed by atoms with Crippen molar-refractivity contribution in [3.8, 4) is 0 Å². The third-order valence-corrected chi connectivity index (χ3v) is 5.59. The van der Waals surface area contributed by atoms with E-state index in [-0.39, 0.29) is 5.91 Å². The van der Waals surface area contributed by atoms with Gasteiger partial charge in [0.2, 0.25) is 5.91 Å². The fourth-order valence-electron chi connectivity index (χ4n) is 2.73. The highest BCUT2D eigenvalue weighted by molar-refractivity contribution is 7.90. The number of benzene rings is 1. The number of aliphatic imine (C=N–C) groups is 1. The second-order valence-electron chi connectivity index (χ2n) is 5.88. The fourth-order valence-corrected chi connectivity index (χ4v) is 3.98. The van der Waals surface area contributed by atoms with Gasteiger partial charge in [0.15, 0.2) is 0 Å². The minimum Gasteiger partial charge on any atom is -0.343 e. The number of nitrogens with one attached hydrogen (secondary N) is 1. The first kappa shape index (κ1) is 16.0. The van der Waals surface area contributed by atoms with Crippen molar-refractivity contribution in [1.29, 1.82) is 0 Å². The van der Waals surface area contributed by atoms with Crippen LogP contribution < -0.4 is 4.72 Å². The molecule has 0 saturated carbocycles. The lowest BCUT2D eigenvalue weighted by molar-refractivity contribution is -0.134. The SMILES string of the molecule is O=C(CCCCCN=C1NS(=O)(=O)c2ccccc21)N1CCC1. The Hall–Kier alpha value is -1.89. The van der Waals surface area contributed by atoms with Crippen molar-refractivity contribution in [3.05, 3.63) is 29.8 Å². The number of amidine groups is 1. The van der Waals surface area contributed by atoms with Gasteiger partial charge in [-0.25, -0.2) is 8.42 Å². The maximum absolute atomic E-state index is 11.9. The average Bonchev–Trinajstić information content (AvgIpc) is 2.73. The number of sulfonamides is 1. The lowest BCUT2D eigenvalue weighted by Crippen LogP contribution is -2.41. The van der Waals surface area contributed by atoms with Crippen LogP contribution in [0.1, 0.15) is 37.7 Å². The number of hydrogen-bond acceptors (Lipinski definition) is 4. The molecule has 0 atom stereocenters. The predicted molar refractivity (Wildman–Crippen MR) is 87.8 cm³/mol. The Morgan fingerprint density at radius 2 is 1.96 bits per heavy atom. The minimum absolute atomic E-state index is 0.250. The van der Waals surface area contributed by atoms with E-state index >= 15 is 0 Å². The molecule has 0 aliphatic carbocycles. The molecule has 6 nitrogen and oxygen atoms in total. The zero-order valence-corrected chi connectivity index (χ0v) is 13.8. The second kappa shape index (κ2) is 6.70. The number of unbranched alkanes of at least 4 members (excludes halogenated alkanes) is 2. The molecule has 2 heterocycles. The molecule has 7 heteroatoms. The summed E-state index contributed by atoms with van der Waals surface area (Å²) in [6.45, 7) is 2.38. The maximum atomic E-state index is 11.9. The maximum Gasteiger partial charge on any atom is 0.263 e. The van der Waals surface area contributed by atoms with Gasteiger partial charge in [0.25, 0.3) is 10.0 Å². The summed E-state index contributed by atoms with van der Waals surface area (Å²) in [5, 5.41) is 0. The topological polar surface area (TPSA) is 78.8 Å². The van der Waals surface area contributed by atoms with Crippen molar-refractivity contribution >= 4 is 21.8 Å². The molecule has 1 fully saturated rings. The number of hydrogen-bond donors (Lipinski definition) is 1. The Morgan fingerprint density at radius 3 is 2.70 bits per heavy atom. The summed E-state index contributed by atoms with van der Waals surface area (Å²) >= 11 is 0. The Morgan fingerprint density at radius 1 is 1.17 bits per heavy atom. The molecule has 3 rings (SSSR count). The number of rotatable bonds is 6. The molecule has 0 bridgehead atoms. The van der Waals surface area contributed by atoms with Crippen LogP contribution in [0.25, 0.3) is 0 Å². The van der Waals surface area contributed by atoms with Crippen LogP contribution in [0.15, 0.2) is 34.2 Å². The molecule has 0 spiro atoms. The van der Waals surface area contributed by atoms with E-state index in [1.165, 1.54) is 0 Å². The highest BCUT2D eigenvalue weighted by Crippen LogP contribution is 2.22. The molecule has 2 aliphatic rings. The van der Waals surface area contributed by atoms with Crippen molar-refractivity contribution in [1.82, 2.24) is 9.62 Å². The molecule has 1 aromatic carbocycles. The number of amides is 1. The fraction of sp³-hybridized carbons (Fsp3) is 0.500. The number of fused-ring (bicyclic) bond motifs is 1. The van der Waals surface area contributed by atoms with Crippen LogP contribution in [0.3, 0.4) is 0 Å². The standard InChI is InChI=1S/C16H21N3O3S/c20-15(19-11-6-12-19)9-2-1-5-10-17-16-13-7-3-4-8-14(13)23(21,22)18-16/h3-4,7-8H,1-2,5-6,9-12H2,(H,17,18). The van der Waals surface area contributed by atoms with E-state index in [9.17, 15) is 13.2 Å². The van der Waals surface area contributed by atoms with E-state index in [1.807, 2.05) is 4.90 Å². The average molecular weight is 335 g/mol. The molecule has 0 unspecified atom stereocenters. The Kier molecular flexibility index (Phi) is 4.66. The molecule has 124 valence electrons. The number of carbonyl (C=O) groups excluding carboxylic acids is 1. The first-order valence-corrected chi connectivity index (χ1v) is 9.51. The summed E-state index contributed by atoms with van der Waals surface area (Å²) in [5.41, 5.74) is 0.639. The molecular formula is C16H21N3O3S. The number of carbonyl (C=O) groups is 1. The Labute approximate surface area is 136 Å². The van der Waals surface area contributed by atoms with Crippen LogP contribution in [0.4, 0.5) is 0 Å². The molecule has 1 amide bonds. The molecule has 1 N–H and O–H groups in total. The van der Waals surface area contributed by atoms with Gasteiger partial charge in [-0.1, -0.05) is 18.6 Å². The molecule has 0 radical (unpaired) electrons. The third kappa shape index (κ3) is 3.55. The summed E-state index contributed by atoms with van der Waals surface area (Å²) in [4.78, 5) is 18.3. The van der Waals surface area contributed by atoms with Crippen LogP contribution in [0.2, 0.25) is 0 Å². The van der Waals surface area contributed by atoms with Gasteiger partial charge in [0, 0.05) is 31.6 Å². The molecule has 2 aliphatic heterocycles. The smallest absolute Gasteiger partial charge is 0.263 e. The van der Waals surface area contributed by atoms with E-state index in [0.717, 1.165) is 38.8 Å². The first-order valence-electron chi connectivity index (χ1n) is 8.02. The molecule has 23 heavy (non-hydrogen) atoms. The van der Waals surface area contributed by atoms with E-state index in [1.54, 1.807) is 24.3 Å². The van der Waals surface area contributed by atoms with Gasteiger partial charge in [-0.15, -0.1) is 0 Å². The van der Waals surface area contributed by atoms with Gasteiger partial charge in [-0.05, 0) is 31.4 Å². The van der Waals surface area contributed by atoms with Crippen LogP contribution in [0, 0.1) is 0 Å². The monoisotopic (exact) mass is 335 g/mol. The van der Waals surface area contributed by atoms with Crippen LogP contribution in [-0.4, -0.2) is 44.7 Å². The van der Waals surface area contributed by atoms with Gasteiger partial charge in [0.05, 0.1) is 4.90 Å². The van der Waals surface area contributed by atoms with Crippen molar-refractivity contribution in [2.45, 2.75) is 37.0 Å². The van der Waals surface area contributed by atoms with Crippen molar-refractivity contribution < 1.29 is 13.2 Å². The third-order valence-electron chi connectivity index (χ3n) is 4.19. The first-order chi connectivity index (χ1) is 11.1. The van der Waals surface area contributed by atoms with Gasteiger partial charge in [-0.3, -0.25) is 14.5 Å². The molecule has 0 aromatic heterocycles. The van der Waals surface area contributed by atoms with Crippen molar-refractivity contribution in [2.75, 3.05) is 19.6 Å². The summed E-state index contributed by atoms with van der Waals surface area (Å²) in [7, 11) is -3.45. The zero-order chi connectivity index (χ0) is 16.3. The van der Waals surface area contributed by atoms with Crippen molar-refractivity contribution in [2.24, 2.45) is 4.99 Å². The van der Waals surface area contributed by atoms with Gasteiger partial charge in [-0.2, -0.15) is 0 Å². The largest absolute Gasteiger partial charge is 0.343 e. The van der Waals surface area contributed by atoms with Crippen LogP contribution in [0.5, 0.6) is 0 Å². The lowest BCUT2D eigenvalue weighted by atomic mass is 10.1. The molecule has 1 saturated heterocycles. The van der Waals surface area contributed by atoms with E-state index in [2.05, 4.69) is 9.71 Å². The summed E-state index contributed by atoms with van der Waals surface area (Å²) in [6, 6.07) is 6.85. The van der Waals surface area contributed by atoms with Gasteiger partial charge < -0.3 is 4.90 Å². The van der Waals surface area contributed by atoms with E-state index in [0.29, 0.717) is 29.3 Å². The highest BCUT2D eigenvalue weighted by atomic mass is 32.2. The second-order valence-corrected chi connectivity index (χ2v) is 7.53.